The van der Waals surface area contributed by atoms with Crippen LogP contribution in [0.1, 0.15) is 56.6 Å². The first-order valence-corrected chi connectivity index (χ1v) is 11.8. The van der Waals surface area contributed by atoms with Gasteiger partial charge in [0.05, 0.1) is 0 Å². The van der Waals surface area contributed by atoms with Gasteiger partial charge in [0.15, 0.2) is 11.6 Å². The Balaban J connectivity index is 1.54. The van der Waals surface area contributed by atoms with Crippen LogP contribution in [0.25, 0.3) is 27.8 Å². The molecule has 3 aromatic carbocycles. The number of halogens is 3. The molecule has 0 nitrogen and oxygen atoms in total. The first-order valence-electron chi connectivity index (χ1n) is 11.8. The topological polar surface area (TPSA) is 0 Å². The zero-order valence-electron chi connectivity index (χ0n) is 19.0. The van der Waals surface area contributed by atoms with E-state index in [9.17, 15) is 13.2 Å². The van der Waals surface area contributed by atoms with Crippen molar-refractivity contribution in [2.45, 2.75) is 51.9 Å². The van der Waals surface area contributed by atoms with Gasteiger partial charge in [-0.2, -0.15) is 0 Å². The number of hydrogen-bond donors (Lipinski definition) is 0. The van der Waals surface area contributed by atoms with Crippen molar-refractivity contribution >= 4 is 5.57 Å². The maximum Gasteiger partial charge on any atom is 0.166 e. The molecule has 0 heterocycles. The lowest BCUT2D eigenvalue weighted by Crippen LogP contribution is -1.97. The largest absolute Gasteiger partial charge is 0.206 e. The van der Waals surface area contributed by atoms with Crippen molar-refractivity contribution < 1.29 is 13.2 Å². The highest BCUT2D eigenvalue weighted by molar-refractivity contribution is 5.74. The molecule has 0 N–H and O–H groups in total. The van der Waals surface area contributed by atoms with Crippen LogP contribution in [0.15, 0.2) is 72.8 Å². The van der Waals surface area contributed by atoms with Gasteiger partial charge in [-0.05, 0) is 78.8 Å². The van der Waals surface area contributed by atoms with Gasteiger partial charge in [0.25, 0.3) is 0 Å². The zero-order valence-corrected chi connectivity index (χ0v) is 19.0. The van der Waals surface area contributed by atoms with Crippen LogP contribution in [0, 0.1) is 17.5 Å². The maximum absolute atomic E-state index is 14.9. The third-order valence-electron chi connectivity index (χ3n) is 6.28. The predicted octanol–water partition coefficient (Wildman–Crippen LogP) is 9.29. The summed E-state index contributed by atoms with van der Waals surface area (Å²) in [6, 6.07) is 15.6. The molecule has 0 aromatic heterocycles. The van der Waals surface area contributed by atoms with Crippen LogP contribution in [0.2, 0.25) is 0 Å². The second kappa shape index (κ2) is 10.7. The van der Waals surface area contributed by atoms with Gasteiger partial charge in [0, 0.05) is 11.1 Å². The van der Waals surface area contributed by atoms with Gasteiger partial charge in [-0.3, -0.25) is 0 Å². The van der Waals surface area contributed by atoms with E-state index in [1.165, 1.54) is 12.0 Å². The quantitative estimate of drug-likeness (QED) is 0.317. The highest BCUT2D eigenvalue weighted by atomic mass is 19.2. The summed E-state index contributed by atoms with van der Waals surface area (Å²) in [5.74, 6) is -1.90. The summed E-state index contributed by atoms with van der Waals surface area (Å²) >= 11 is 0. The van der Waals surface area contributed by atoms with Gasteiger partial charge in [-0.15, -0.1) is 0 Å². The summed E-state index contributed by atoms with van der Waals surface area (Å²) < 4.78 is 44.3. The minimum Gasteiger partial charge on any atom is -0.206 e. The van der Waals surface area contributed by atoms with Crippen molar-refractivity contribution in [1.82, 2.24) is 0 Å². The summed E-state index contributed by atoms with van der Waals surface area (Å²) in [7, 11) is 0. The van der Waals surface area contributed by atoms with E-state index in [1.54, 1.807) is 48.5 Å². The lowest BCUT2D eigenvalue weighted by molar-refractivity contribution is 0.501. The van der Waals surface area contributed by atoms with Crippen molar-refractivity contribution in [2.75, 3.05) is 0 Å². The minimum atomic E-state index is -0.837. The maximum atomic E-state index is 14.9. The molecular weight excluding hydrogens is 417 g/mol. The molecule has 170 valence electrons. The molecule has 0 bridgehead atoms. The average Bonchev–Trinajstić information content (AvgIpc) is 2.85. The van der Waals surface area contributed by atoms with Gasteiger partial charge in [0.1, 0.15) is 5.82 Å². The summed E-state index contributed by atoms with van der Waals surface area (Å²) in [6.45, 7) is 2.04. The Hall–Kier alpha value is -3.07. The van der Waals surface area contributed by atoms with E-state index in [4.69, 9.17) is 0 Å². The molecule has 0 saturated carbocycles. The minimum absolute atomic E-state index is 0.215. The summed E-state index contributed by atoms with van der Waals surface area (Å²) in [4.78, 5) is 0. The number of allylic oxidation sites excluding steroid dienone is 4. The Morgan fingerprint density at radius 1 is 0.758 bits per heavy atom. The molecule has 1 aliphatic carbocycles. The molecule has 0 amide bonds. The molecule has 3 aromatic rings. The van der Waals surface area contributed by atoms with Gasteiger partial charge in [0.2, 0.25) is 0 Å². The Kier molecular flexibility index (Phi) is 7.49. The number of rotatable bonds is 7. The Morgan fingerprint density at radius 3 is 2.12 bits per heavy atom. The van der Waals surface area contributed by atoms with E-state index >= 15 is 0 Å². The smallest absolute Gasteiger partial charge is 0.166 e. The molecular formula is C30H29F3. The summed E-state index contributed by atoms with van der Waals surface area (Å²) in [5.41, 5.74) is 4.53. The second-order valence-electron chi connectivity index (χ2n) is 8.57. The second-order valence-corrected chi connectivity index (χ2v) is 8.57. The molecule has 3 heteroatoms. The first-order chi connectivity index (χ1) is 16.1. The third-order valence-corrected chi connectivity index (χ3v) is 6.28. The molecule has 0 spiro atoms. The molecule has 0 unspecified atom stereocenters. The summed E-state index contributed by atoms with van der Waals surface area (Å²) in [6.07, 6.45) is 12.7. The highest BCUT2D eigenvalue weighted by Gasteiger charge is 2.15. The monoisotopic (exact) mass is 446 g/mol. The summed E-state index contributed by atoms with van der Waals surface area (Å²) in [5, 5.41) is 0. The predicted molar refractivity (Wildman–Crippen MR) is 131 cm³/mol. The van der Waals surface area contributed by atoms with Crippen molar-refractivity contribution in [2.24, 2.45) is 0 Å². The first kappa shape index (κ1) is 23.1. The fraction of sp³-hybridized carbons (Fsp3) is 0.267. The molecule has 0 fully saturated rings. The molecule has 0 atom stereocenters. The molecule has 0 radical (unpaired) electrons. The van der Waals surface area contributed by atoms with E-state index in [2.05, 4.69) is 6.08 Å². The van der Waals surface area contributed by atoms with E-state index in [1.807, 2.05) is 25.1 Å². The van der Waals surface area contributed by atoms with Crippen molar-refractivity contribution in [1.29, 1.82) is 0 Å². The van der Waals surface area contributed by atoms with E-state index in [0.717, 1.165) is 31.2 Å². The van der Waals surface area contributed by atoms with Gasteiger partial charge < -0.3 is 0 Å². The highest BCUT2D eigenvalue weighted by Crippen LogP contribution is 2.33. The number of aryl methyl sites for hydroxylation is 1. The van der Waals surface area contributed by atoms with Crippen LogP contribution < -0.4 is 0 Å². The number of benzene rings is 3. The van der Waals surface area contributed by atoms with Crippen LogP contribution >= 0.6 is 0 Å². The van der Waals surface area contributed by atoms with Crippen LogP contribution in [0.5, 0.6) is 0 Å². The van der Waals surface area contributed by atoms with E-state index in [0.29, 0.717) is 35.1 Å². The van der Waals surface area contributed by atoms with Crippen LogP contribution in [-0.2, 0) is 6.42 Å². The van der Waals surface area contributed by atoms with E-state index in [-0.39, 0.29) is 11.4 Å². The van der Waals surface area contributed by atoms with Crippen LogP contribution in [0.4, 0.5) is 13.2 Å². The van der Waals surface area contributed by atoms with E-state index < -0.39 is 11.6 Å². The molecule has 0 aliphatic heterocycles. The fourth-order valence-electron chi connectivity index (χ4n) is 4.41. The molecule has 1 aliphatic rings. The number of hydrogen-bond acceptors (Lipinski definition) is 0. The molecule has 4 rings (SSSR count). The standard InChI is InChI=1S/C30H29F3/c1-2-3-4-6-11-24-16-19-27(30(33)29(24)32)23-14-12-22(13-15-23)26-18-17-25(20-28(26)31)21-9-7-5-8-10-21/h3-4,9,12-20H,2,5-8,10-11H2,1H3/b4-3+. The van der Waals surface area contributed by atoms with Crippen molar-refractivity contribution in [3.05, 3.63) is 101 Å². The van der Waals surface area contributed by atoms with Gasteiger partial charge >= 0.3 is 0 Å². The van der Waals surface area contributed by atoms with Gasteiger partial charge in [-0.1, -0.05) is 73.7 Å². The van der Waals surface area contributed by atoms with Crippen molar-refractivity contribution in [3.8, 4) is 22.3 Å². The normalized spacial score (nSPS) is 14.0. The Labute approximate surface area is 194 Å². The SMILES string of the molecule is CC/C=C/CCc1ccc(-c2ccc(-c3ccc(C4=CCCCC4)cc3F)cc2)c(F)c1F. The third kappa shape index (κ3) is 5.30. The molecule has 0 saturated heterocycles. The Bertz CT molecular complexity index is 1170. The average molecular weight is 447 g/mol. The van der Waals surface area contributed by atoms with Gasteiger partial charge in [-0.25, -0.2) is 13.2 Å². The fourth-order valence-corrected chi connectivity index (χ4v) is 4.41. The lowest BCUT2D eigenvalue weighted by Gasteiger charge is -2.14. The van der Waals surface area contributed by atoms with Crippen molar-refractivity contribution in [3.63, 3.8) is 0 Å². The molecule has 33 heavy (non-hydrogen) atoms. The van der Waals surface area contributed by atoms with Crippen LogP contribution in [0.3, 0.4) is 0 Å². The lowest BCUT2D eigenvalue weighted by atomic mass is 9.92. The zero-order chi connectivity index (χ0) is 23.2. The Morgan fingerprint density at radius 2 is 1.45 bits per heavy atom. The van der Waals surface area contributed by atoms with Crippen LogP contribution in [-0.4, -0.2) is 0 Å².